The second-order valence-corrected chi connectivity index (χ2v) is 4.28. The monoisotopic (exact) mass is 196 g/mol. The topological polar surface area (TPSA) is 12.5 Å². The van der Waals surface area contributed by atoms with Gasteiger partial charge in [0.05, 0.1) is 6.10 Å². The molecule has 0 aromatic heterocycles. The summed E-state index contributed by atoms with van der Waals surface area (Å²) in [7, 11) is 0. The molecule has 1 aliphatic heterocycles. The summed E-state index contributed by atoms with van der Waals surface area (Å²) in [6.07, 6.45) is 13.8. The first kappa shape index (κ1) is 11.8. The lowest BCUT2D eigenvalue weighted by molar-refractivity contribution is 0.372. The lowest BCUT2D eigenvalue weighted by Crippen LogP contribution is -1.90. The first-order valence-corrected chi connectivity index (χ1v) is 6.16. The summed E-state index contributed by atoms with van der Waals surface area (Å²) in [6, 6.07) is 0. The second-order valence-electron chi connectivity index (χ2n) is 4.28. The van der Waals surface area contributed by atoms with Crippen molar-refractivity contribution in [2.45, 2.75) is 70.5 Å². The van der Waals surface area contributed by atoms with Gasteiger partial charge < -0.3 is 4.74 Å². The average molecular weight is 196 g/mol. The maximum atomic E-state index is 5.39. The van der Waals surface area contributed by atoms with Crippen LogP contribution in [0.4, 0.5) is 0 Å². The van der Waals surface area contributed by atoms with Crippen LogP contribution >= 0.6 is 0 Å². The fourth-order valence-corrected chi connectivity index (χ4v) is 1.90. The van der Waals surface area contributed by atoms with E-state index in [9.17, 15) is 0 Å². The van der Waals surface area contributed by atoms with Crippen molar-refractivity contribution in [3.63, 3.8) is 0 Å². The van der Waals surface area contributed by atoms with E-state index >= 15 is 0 Å². The molecule has 1 heterocycles. The molecule has 2 unspecified atom stereocenters. The molecule has 0 spiro atoms. The van der Waals surface area contributed by atoms with Crippen LogP contribution in [0.2, 0.25) is 0 Å². The van der Waals surface area contributed by atoms with Crippen LogP contribution in [0.1, 0.15) is 58.3 Å². The summed E-state index contributed by atoms with van der Waals surface area (Å²) in [5.74, 6) is 0. The number of unbranched alkanes of at least 4 members (excludes halogenated alkanes) is 6. The largest absolute Gasteiger partial charge is 0.365 e. The molecular weight excluding hydrogens is 172 g/mol. The number of rotatable bonds is 9. The fourth-order valence-electron chi connectivity index (χ4n) is 1.90. The van der Waals surface area contributed by atoms with Crippen LogP contribution in [0.3, 0.4) is 0 Å². The highest BCUT2D eigenvalue weighted by Gasteiger charge is 2.34. The molecule has 0 amide bonds. The molecule has 1 aliphatic rings. The SMILES string of the molecule is C=CC1OC1CCCCCCCCC. The molecule has 1 saturated heterocycles. The fraction of sp³-hybridized carbons (Fsp3) is 0.846. The highest BCUT2D eigenvalue weighted by Crippen LogP contribution is 2.28. The maximum absolute atomic E-state index is 5.39. The van der Waals surface area contributed by atoms with Gasteiger partial charge in [-0.25, -0.2) is 0 Å². The highest BCUT2D eigenvalue weighted by atomic mass is 16.6. The molecule has 0 bridgehead atoms. The maximum Gasteiger partial charge on any atom is 0.102 e. The average Bonchev–Trinajstić information content (AvgIpc) is 2.95. The zero-order chi connectivity index (χ0) is 10.2. The van der Waals surface area contributed by atoms with E-state index in [2.05, 4.69) is 13.5 Å². The minimum Gasteiger partial charge on any atom is -0.365 e. The number of epoxide rings is 1. The van der Waals surface area contributed by atoms with Gasteiger partial charge in [0, 0.05) is 0 Å². The van der Waals surface area contributed by atoms with Crippen molar-refractivity contribution in [3.8, 4) is 0 Å². The van der Waals surface area contributed by atoms with Crippen molar-refractivity contribution in [1.82, 2.24) is 0 Å². The lowest BCUT2D eigenvalue weighted by atomic mass is 10.1. The van der Waals surface area contributed by atoms with Crippen LogP contribution in [0, 0.1) is 0 Å². The van der Waals surface area contributed by atoms with Gasteiger partial charge in [-0.3, -0.25) is 0 Å². The van der Waals surface area contributed by atoms with Crippen molar-refractivity contribution in [1.29, 1.82) is 0 Å². The molecule has 1 nitrogen and oxygen atoms in total. The van der Waals surface area contributed by atoms with Gasteiger partial charge in [0.25, 0.3) is 0 Å². The first-order chi connectivity index (χ1) is 6.88. The van der Waals surface area contributed by atoms with Crippen LogP contribution in [0.15, 0.2) is 12.7 Å². The van der Waals surface area contributed by atoms with Crippen molar-refractivity contribution in [3.05, 3.63) is 12.7 Å². The van der Waals surface area contributed by atoms with Gasteiger partial charge in [-0.1, -0.05) is 57.9 Å². The molecular formula is C13H24O. The third-order valence-electron chi connectivity index (χ3n) is 2.95. The molecule has 82 valence electrons. The van der Waals surface area contributed by atoms with Gasteiger partial charge in [0.15, 0.2) is 0 Å². The second kappa shape index (κ2) is 7.05. The molecule has 0 aliphatic carbocycles. The zero-order valence-corrected chi connectivity index (χ0v) is 9.50. The minimum absolute atomic E-state index is 0.384. The standard InChI is InChI=1S/C13H24O/c1-3-5-6-7-8-9-10-11-13-12(4-2)14-13/h4,12-13H,2-3,5-11H2,1H3. The normalized spacial score (nSPS) is 24.9. The molecule has 0 saturated carbocycles. The third-order valence-corrected chi connectivity index (χ3v) is 2.95. The Kier molecular flexibility index (Phi) is 5.93. The minimum atomic E-state index is 0.384. The Morgan fingerprint density at radius 1 is 1.07 bits per heavy atom. The van der Waals surface area contributed by atoms with Gasteiger partial charge in [-0.05, 0) is 6.42 Å². The predicted octanol–water partition coefficient (Wildman–Crippen LogP) is 4.08. The quantitative estimate of drug-likeness (QED) is 0.307. The Hall–Kier alpha value is -0.300. The molecule has 0 N–H and O–H groups in total. The first-order valence-electron chi connectivity index (χ1n) is 6.16. The van der Waals surface area contributed by atoms with Crippen LogP contribution in [-0.2, 0) is 4.74 Å². The Morgan fingerprint density at radius 3 is 2.29 bits per heavy atom. The van der Waals surface area contributed by atoms with Crippen LogP contribution in [-0.4, -0.2) is 12.2 Å². The highest BCUT2D eigenvalue weighted by molar-refractivity contribution is 4.97. The molecule has 0 aromatic rings. The Morgan fingerprint density at radius 2 is 1.71 bits per heavy atom. The third kappa shape index (κ3) is 4.80. The van der Waals surface area contributed by atoms with Crippen molar-refractivity contribution in [2.75, 3.05) is 0 Å². The number of hydrogen-bond acceptors (Lipinski definition) is 1. The summed E-state index contributed by atoms with van der Waals surface area (Å²) in [6.45, 7) is 5.99. The van der Waals surface area contributed by atoms with E-state index in [1.54, 1.807) is 0 Å². The van der Waals surface area contributed by atoms with Gasteiger partial charge >= 0.3 is 0 Å². The smallest absolute Gasteiger partial charge is 0.102 e. The van der Waals surface area contributed by atoms with Crippen molar-refractivity contribution in [2.24, 2.45) is 0 Å². The molecule has 2 atom stereocenters. The van der Waals surface area contributed by atoms with E-state index in [1.807, 2.05) is 6.08 Å². The van der Waals surface area contributed by atoms with Crippen molar-refractivity contribution < 1.29 is 4.74 Å². The van der Waals surface area contributed by atoms with E-state index in [4.69, 9.17) is 4.74 Å². The summed E-state index contributed by atoms with van der Waals surface area (Å²) >= 11 is 0. The number of hydrogen-bond donors (Lipinski definition) is 0. The summed E-state index contributed by atoms with van der Waals surface area (Å²) < 4.78 is 5.39. The van der Waals surface area contributed by atoms with E-state index in [0.29, 0.717) is 12.2 Å². The molecule has 0 radical (unpaired) electrons. The van der Waals surface area contributed by atoms with Gasteiger partial charge in [0.2, 0.25) is 0 Å². The molecule has 1 heteroatoms. The van der Waals surface area contributed by atoms with Gasteiger partial charge in [-0.15, -0.1) is 6.58 Å². The molecule has 1 rings (SSSR count). The molecule has 1 fully saturated rings. The number of ether oxygens (including phenoxy) is 1. The predicted molar refractivity (Wildman–Crippen MR) is 61.5 cm³/mol. The van der Waals surface area contributed by atoms with Gasteiger partial charge in [0.1, 0.15) is 6.10 Å². The van der Waals surface area contributed by atoms with Crippen LogP contribution in [0.5, 0.6) is 0 Å². The zero-order valence-electron chi connectivity index (χ0n) is 9.50. The Labute approximate surface area is 88.5 Å². The Bertz CT molecular complexity index is 153. The Balaban J connectivity index is 1.75. The lowest BCUT2D eigenvalue weighted by Gasteiger charge is -1.99. The van der Waals surface area contributed by atoms with E-state index in [-0.39, 0.29) is 0 Å². The van der Waals surface area contributed by atoms with Crippen molar-refractivity contribution >= 4 is 0 Å². The van der Waals surface area contributed by atoms with Crippen LogP contribution < -0.4 is 0 Å². The van der Waals surface area contributed by atoms with Gasteiger partial charge in [-0.2, -0.15) is 0 Å². The van der Waals surface area contributed by atoms with E-state index in [0.717, 1.165) is 0 Å². The van der Waals surface area contributed by atoms with E-state index in [1.165, 1.54) is 51.4 Å². The van der Waals surface area contributed by atoms with E-state index < -0.39 is 0 Å². The summed E-state index contributed by atoms with van der Waals surface area (Å²) in [5, 5.41) is 0. The summed E-state index contributed by atoms with van der Waals surface area (Å²) in [4.78, 5) is 0. The summed E-state index contributed by atoms with van der Waals surface area (Å²) in [5.41, 5.74) is 0. The van der Waals surface area contributed by atoms with Crippen LogP contribution in [0.25, 0.3) is 0 Å². The molecule has 14 heavy (non-hydrogen) atoms. The molecule has 0 aromatic carbocycles.